The molecule has 2 aromatic rings. The van der Waals surface area contributed by atoms with Crippen LogP contribution in [0.1, 0.15) is 24.8 Å². The minimum absolute atomic E-state index is 0.0799. The van der Waals surface area contributed by atoms with E-state index in [0.717, 1.165) is 5.56 Å². The molecule has 2 amide bonds. The van der Waals surface area contributed by atoms with Crippen LogP contribution >= 0.6 is 0 Å². The molecule has 0 aromatic heterocycles. The molecule has 2 aliphatic rings. The van der Waals surface area contributed by atoms with Crippen molar-refractivity contribution in [3.63, 3.8) is 0 Å². The fourth-order valence-corrected chi connectivity index (χ4v) is 4.29. The highest BCUT2D eigenvalue weighted by Crippen LogP contribution is 2.22. The number of carbonyl (C=O) groups excluding carboxylic acids is 2. The van der Waals surface area contributed by atoms with Gasteiger partial charge in [0.05, 0.1) is 12.5 Å². The summed E-state index contributed by atoms with van der Waals surface area (Å²) in [5.41, 5.74) is 0.771. The second-order valence-corrected chi connectivity index (χ2v) is 8.27. The molecule has 1 atom stereocenters. The number of amides is 2. The molecule has 0 aliphatic carbocycles. The van der Waals surface area contributed by atoms with Gasteiger partial charge in [0.25, 0.3) is 0 Å². The van der Waals surface area contributed by atoms with Crippen molar-refractivity contribution < 1.29 is 23.1 Å². The summed E-state index contributed by atoms with van der Waals surface area (Å²) >= 11 is 0. The predicted octanol–water partition coefficient (Wildman–Crippen LogP) is 2.73. The van der Waals surface area contributed by atoms with Gasteiger partial charge in [-0.2, -0.15) is 0 Å². The SMILES string of the molecule is O=C1NCCN(Cc2cccc(F)c2)C1CC(=O)N1CCC(Oc2cccc(F)c2)CC1. The highest BCUT2D eigenvalue weighted by molar-refractivity contribution is 5.88. The maximum absolute atomic E-state index is 13.5. The van der Waals surface area contributed by atoms with Crippen LogP contribution in [0, 0.1) is 11.6 Å². The molecule has 0 radical (unpaired) electrons. The number of nitrogens with one attached hydrogen (secondary N) is 1. The van der Waals surface area contributed by atoms with Crippen molar-refractivity contribution in [3.05, 3.63) is 65.7 Å². The summed E-state index contributed by atoms with van der Waals surface area (Å²) < 4.78 is 32.7. The Morgan fingerprint density at radius 1 is 1.03 bits per heavy atom. The van der Waals surface area contributed by atoms with E-state index in [0.29, 0.717) is 51.3 Å². The second-order valence-electron chi connectivity index (χ2n) is 8.27. The Bertz CT molecular complexity index is 963. The van der Waals surface area contributed by atoms with E-state index in [1.807, 2.05) is 11.0 Å². The summed E-state index contributed by atoms with van der Waals surface area (Å²) in [4.78, 5) is 29.2. The Kier molecular flexibility index (Phi) is 6.99. The number of piperidine rings is 1. The van der Waals surface area contributed by atoms with Crippen LogP contribution in [0.15, 0.2) is 48.5 Å². The monoisotopic (exact) mass is 443 g/mol. The van der Waals surface area contributed by atoms with Crippen LogP contribution in [0.3, 0.4) is 0 Å². The van der Waals surface area contributed by atoms with Gasteiger partial charge in [-0.1, -0.05) is 18.2 Å². The van der Waals surface area contributed by atoms with E-state index in [2.05, 4.69) is 5.32 Å². The van der Waals surface area contributed by atoms with Crippen LogP contribution < -0.4 is 10.1 Å². The molecular formula is C24H27F2N3O3. The number of halogens is 2. The first-order valence-electron chi connectivity index (χ1n) is 10.9. The predicted molar refractivity (Wildman–Crippen MR) is 115 cm³/mol. The number of nitrogens with zero attached hydrogens (tertiary/aromatic N) is 2. The lowest BCUT2D eigenvalue weighted by atomic mass is 10.0. The lowest BCUT2D eigenvalue weighted by Gasteiger charge is -2.37. The zero-order valence-corrected chi connectivity index (χ0v) is 17.8. The van der Waals surface area contributed by atoms with Gasteiger partial charge in [0, 0.05) is 51.6 Å². The smallest absolute Gasteiger partial charge is 0.237 e. The molecule has 0 bridgehead atoms. The van der Waals surface area contributed by atoms with Crippen LogP contribution in [-0.2, 0) is 16.1 Å². The summed E-state index contributed by atoms with van der Waals surface area (Å²) in [5, 5.41) is 2.83. The molecule has 8 heteroatoms. The number of rotatable bonds is 6. The third-order valence-electron chi connectivity index (χ3n) is 5.98. The van der Waals surface area contributed by atoms with Crippen molar-refractivity contribution in [2.75, 3.05) is 26.2 Å². The van der Waals surface area contributed by atoms with Gasteiger partial charge in [-0.15, -0.1) is 0 Å². The van der Waals surface area contributed by atoms with Gasteiger partial charge in [0.2, 0.25) is 11.8 Å². The molecule has 4 rings (SSSR count). The van der Waals surface area contributed by atoms with Crippen molar-refractivity contribution in [1.29, 1.82) is 0 Å². The summed E-state index contributed by atoms with van der Waals surface area (Å²) in [6, 6.07) is 11.8. The molecule has 1 unspecified atom stereocenters. The third-order valence-corrected chi connectivity index (χ3v) is 5.98. The fourth-order valence-electron chi connectivity index (χ4n) is 4.29. The molecule has 6 nitrogen and oxygen atoms in total. The van der Waals surface area contributed by atoms with Crippen molar-refractivity contribution in [2.45, 2.75) is 38.0 Å². The maximum Gasteiger partial charge on any atom is 0.237 e. The fraction of sp³-hybridized carbons (Fsp3) is 0.417. The van der Waals surface area contributed by atoms with Gasteiger partial charge in [0.1, 0.15) is 23.5 Å². The van der Waals surface area contributed by atoms with E-state index in [-0.39, 0.29) is 36.0 Å². The molecule has 2 heterocycles. The summed E-state index contributed by atoms with van der Waals surface area (Å²) in [5.74, 6) is -0.434. The number of likely N-dealkylation sites (tertiary alicyclic amines) is 1. The molecular weight excluding hydrogens is 416 g/mol. The summed E-state index contributed by atoms with van der Waals surface area (Å²) in [7, 11) is 0. The Balaban J connectivity index is 1.32. The van der Waals surface area contributed by atoms with Crippen LogP contribution in [0.2, 0.25) is 0 Å². The van der Waals surface area contributed by atoms with Crippen LogP contribution in [0.5, 0.6) is 5.75 Å². The van der Waals surface area contributed by atoms with E-state index >= 15 is 0 Å². The molecule has 2 saturated heterocycles. The molecule has 0 saturated carbocycles. The first kappa shape index (κ1) is 22.2. The Morgan fingerprint density at radius 2 is 1.75 bits per heavy atom. The van der Waals surface area contributed by atoms with Gasteiger partial charge in [-0.05, 0) is 29.8 Å². The third kappa shape index (κ3) is 5.62. The van der Waals surface area contributed by atoms with E-state index in [1.54, 1.807) is 23.1 Å². The van der Waals surface area contributed by atoms with Crippen molar-refractivity contribution in [2.24, 2.45) is 0 Å². The zero-order chi connectivity index (χ0) is 22.5. The Hall–Kier alpha value is -3.00. The topological polar surface area (TPSA) is 61.9 Å². The van der Waals surface area contributed by atoms with E-state index in [9.17, 15) is 18.4 Å². The number of piperazine rings is 1. The molecule has 2 aromatic carbocycles. The van der Waals surface area contributed by atoms with Gasteiger partial charge in [-0.25, -0.2) is 8.78 Å². The minimum atomic E-state index is -0.583. The van der Waals surface area contributed by atoms with Crippen molar-refractivity contribution in [3.8, 4) is 5.75 Å². The highest BCUT2D eigenvalue weighted by Gasteiger charge is 2.34. The molecule has 32 heavy (non-hydrogen) atoms. The van der Waals surface area contributed by atoms with E-state index < -0.39 is 6.04 Å². The Labute approximate surface area is 186 Å². The largest absolute Gasteiger partial charge is 0.490 e. The second kappa shape index (κ2) is 10.1. The lowest BCUT2D eigenvalue weighted by molar-refractivity contribution is -0.140. The average molecular weight is 443 g/mol. The first-order valence-corrected chi connectivity index (χ1v) is 10.9. The number of benzene rings is 2. The van der Waals surface area contributed by atoms with Gasteiger partial charge in [-0.3, -0.25) is 14.5 Å². The summed E-state index contributed by atoms with van der Waals surface area (Å²) in [6.45, 7) is 2.56. The average Bonchev–Trinajstić information content (AvgIpc) is 2.77. The van der Waals surface area contributed by atoms with Gasteiger partial charge >= 0.3 is 0 Å². The van der Waals surface area contributed by atoms with Crippen molar-refractivity contribution >= 4 is 11.8 Å². The normalized spacial score (nSPS) is 20.1. The molecule has 1 N–H and O–H groups in total. The Morgan fingerprint density at radius 3 is 2.47 bits per heavy atom. The highest BCUT2D eigenvalue weighted by atomic mass is 19.1. The van der Waals surface area contributed by atoms with Gasteiger partial charge in [0.15, 0.2) is 0 Å². The van der Waals surface area contributed by atoms with Crippen LogP contribution in [-0.4, -0.2) is 59.9 Å². The lowest BCUT2D eigenvalue weighted by Crippen LogP contribution is -2.56. The molecule has 2 aliphatic heterocycles. The number of carbonyl (C=O) groups is 2. The standard InChI is InChI=1S/C24H27F2N3O3/c25-18-4-1-3-17(13-18)16-29-12-9-27-24(31)22(29)15-23(30)28-10-7-20(8-11-28)32-21-6-2-5-19(26)14-21/h1-6,13-14,20,22H,7-12,15-16H2,(H,27,31). The molecule has 0 spiro atoms. The molecule has 2 fully saturated rings. The maximum atomic E-state index is 13.5. The van der Waals surface area contributed by atoms with Crippen LogP contribution in [0.4, 0.5) is 8.78 Å². The van der Waals surface area contributed by atoms with Crippen molar-refractivity contribution in [1.82, 2.24) is 15.1 Å². The van der Waals surface area contributed by atoms with E-state index in [1.165, 1.54) is 24.3 Å². The number of hydrogen-bond donors (Lipinski definition) is 1. The first-order chi connectivity index (χ1) is 15.5. The van der Waals surface area contributed by atoms with E-state index in [4.69, 9.17) is 4.74 Å². The van der Waals surface area contributed by atoms with Crippen LogP contribution in [0.25, 0.3) is 0 Å². The molecule has 170 valence electrons. The summed E-state index contributed by atoms with van der Waals surface area (Å²) in [6.07, 6.45) is 1.29. The van der Waals surface area contributed by atoms with Gasteiger partial charge < -0.3 is 15.0 Å². The quantitative estimate of drug-likeness (QED) is 0.746. The number of ether oxygens (including phenoxy) is 1. The minimum Gasteiger partial charge on any atom is -0.490 e. The number of hydrogen-bond acceptors (Lipinski definition) is 4. The zero-order valence-electron chi connectivity index (χ0n) is 17.8.